The van der Waals surface area contributed by atoms with E-state index in [-0.39, 0.29) is 0 Å². The van der Waals surface area contributed by atoms with Crippen molar-refractivity contribution in [3.8, 4) is 0 Å². The highest BCUT2D eigenvalue weighted by Crippen LogP contribution is 2.27. The number of aryl methyl sites for hydroxylation is 1. The predicted octanol–water partition coefficient (Wildman–Crippen LogP) is 5.70. The van der Waals surface area contributed by atoms with Crippen LogP contribution in [0.3, 0.4) is 0 Å². The van der Waals surface area contributed by atoms with Crippen LogP contribution >= 0.6 is 0 Å². The van der Waals surface area contributed by atoms with Gasteiger partial charge in [-0.1, -0.05) is 50.8 Å². The second kappa shape index (κ2) is 9.18. The fourth-order valence-electron chi connectivity index (χ4n) is 3.29. The molecule has 0 N–H and O–H groups in total. The summed E-state index contributed by atoms with van der Waals surface area (Å²) in [4.78, 5) is 0. The third-order valence-corrected chi connectivity index (χ3v) is 4.78. The minimum absolute atomic E-state index is 1.15. The molecule has 0 aromatic heterocycles. The van der Waals surface area contributed by atoms with Crippen molar-refractivity contribution in [1.29, 1.82) is 0 Å². The predicted molar refractivity (Wildman–Crippen MR) is 92.3 cm³/mol. The fourth-order valence-corrected chi connectivity index (χ4v) is 3.29. The molecule has 1 aromatic rings. The van der Waals surface area contributed by atoms with Gasteiger partial charge < -0.3 is 0 Å². The van der Waals surface area contributed by atoms with Crippen LogP contribution in [0.1, 0.15) is 64.9 Å². The molecule has 1 rings (SSSR count). The minimum atomic E-state index is 1.15. The first-order chi connectivity index (χ1) is 9.70. The second-order valence-electron chi connectivity index (χ2n) is 6.06. The van der Waals surface area contributed by atoms with Gasteiger partial charge in [-0.25, -0.2) is 0 Å². The Morgan fingerprint density at radius 3 is 2.00 bits per heavy atom. The lowest BCUT2D eigenvalue weighted by atomic mass is 10.1. The standard InChI is InChI=1S/C19H34N/c1-5-8-9-10-11-14-17-20(6-2,7-3)19-16-13-12-15-18(19)4/h12-13,15-16H,5-11,14,17H2,1-4H3/q+1. The van der Waals surface area contributed by atoms with E-state index in [1.165, 1.54) is 69.4 Å². The molecule has 1 nitrogen and oxygen atoms in total. The SMILES string of the molecule is CCCCCCCC[N+](CC)(CC)c1ccccc1C. The Bertz CT molecular complexity index is 366. The van der Waals surface area contributed by atoms with Gasteiger partial charge in [0.15, 0.2) is 0 Å². The van der Waals surface area contributed by atoms with Crippen molar-refractivity contribution >= 4 is 5.69 Å². The number of benzene rings is 1. The third kappa shape index (κ3) is 4.63. The lowest BCUT2D eigenvalue weighted by molar-refractivity contribution is 0.290. The lowest BCUT2D eigenvalue weighted by Crippen LogP contribution is -2.50. The first-order valence-electron chi connectivity index (χ1n) is 8.62. The Labute approximate surface area is 126 Å². The largest absolute Gasteiger partial charge is 0.291 e. The molecule has 1 heteroatoms. The molecule has 0 saturated heterocycles. The number of hydrogen-bond acceptors (Lipinski definition) is 0. The molecule has 1 aromatic carbocycles. The summed E-state index contributed by atoms with van der Waals surface area (Å²) in [6.07, 6.45) is 8.33. The van der Waals surface area contributed by atoms with E-state index in [0.29, 0.717) is 0 Å². The minimum Gasteiger partial charge on any atom is -0.291 e. The van der Waals surface area contributed by atoms with Gasteiger partial charge in [0.25, 0.3) is 0 Å². The van der Waals surface area contributed by atoms with E-state index in [2.05, 4.69) is 52.0 Å². The summed E-state index contributed by atoms with van der Waals surface area (Å²) >= 11 is 0. The smallest absolute Gasteiger partial charge is 0.135 e. The van der Waals surface area contributed by atoms with E-state index in [0.717, 1.165) is 4.48 Å². The van der Waals surface area contributed by atoms with Crippen molar-refractivity contribution in [1.82, 2.24) is 4.48 Å². The Morgan fingerprint density at radius 1 is 0.800 bits per heavy atom. The molecule has 0 amide bonds. The van der Waals surface area contributed by atoms with Crippen LogP contribution in [-0.2, 0) is 0 Å². The highest BCUT2D eigenvalue weighted by molar-refractivity contribution is 5.49. The summed E-state index contributed by atoms with van der Waals surface area (Å²) in [7, 11) is 0. The van der Waals surface area contributed by atoms with Crippen molar-refractivity contribution in [2.24, 2.45) is 0 Å². The topological polar surface area (TPSA) is 0 Å². The number of quaternary nitrogens is 1. The number of para-hydroxylation sites is 1. The second-order valence-corrected chi connectivity index (χ2v) is 6.06. The lowest BCUT2D eigenvalue weighted by Gasteiger charge is -2.37. The average molecular weight is 276 g/mol. The van der Waals surface area contributed by atoms with Crippen molar-refractivity contribution in [3.05, 3.63) is 29.8 Å². The molecule has 0 unspecified atom stereocenters. The molecule has 0 bridgehead atoms. The molecule has 0 aliphatic carbocycles. The van der Waals surface area contributed by atoms with Crippen molar-refractivity contribution in [2.45, 2.75) is 66.2 Å². The monoisotopic (exact) mass is 276 g/mol. The van der Waals surface area contributed by atoms with Crippen molar-refractivity contribution in [3.63, 3.8) is 0 Å². The van der Waals surface area contributed by atoms with E-state index in [1.54, 1.807) is 0 Å². The van der Waals surface area contributed by atoms with Crippen LogP contribution in [0.5, 0.6) is 0 Å². The van der Waals surface area contributed by atoms with Crippen LogP contribution in [0.25, 0.3) is 0 Å². The van der Waals surface area contributed by atoms with Gasteiger partial charge in [-0.15, -0.1) is 0 Å². The molecule has 0 atom stereocenters. The number of hydrogen-bond donors (Lipinski definition) is 0. The zero-order chi connectivity index (χ0) is 14.8. The van der Waals surface area contributed by atoms with E-state index in [9.17, 15) is 0 Å². The summed E-state index contributed by atoms with van der Waals surface area (Å²) in [5.74, 6) is 0. The van der Waals surface area contributed by atoms with E-state index < -0.39 is 0 Å². The molecule has 0 spiro atoms. The van der Waals surface area contributed by atoms with E-state index in [4.69, 9.17) is 0 Å². The molecule has 0 saturated carbocycles. The summed E-state index contributed by atoms with van der Waals surface area (Å²) in [5.41, 5.74) is 2.98. The molecular formula is C19H34N+. The summed E-state index contributed by atoms with van der Waals surface area (Å²) in [6.45, 7) is 12.9. The summed E-state index contributed by atoms with van der Waals surface area (Å²) < 4.78 is 1.15. The normalized spacial score (nSPS) is 11.8. The molecule has 0 heterocycles. The molecule has 20 heavy (non-hydrogen) atoms. The molecule has 0 fully saturated rings. The van der Waals surface area contributed by atoms with Gasteiger partial charge in [0.05, 0.1) is 19.6 Å². The Balaban J connectivity index is 2.61. The van der Waals surface area contributed by atoms with Gasteiger partial charge >= 0.3 is 0 Å². The van der Waals surface area contributed by atoms with Crippen LogP contribution in [0.2, 0.25) is 0 Å². The molecular weight excluding hydrogens is 242 g/mol. The zero-order valence-electron chi connectivity index (χ0n) is 14.1. The maximum Gasteiger partial charge on any atom is 0.135 e. The van der Waals surface area contributed by atoms with Crippen LogP contribution in [-0.4, -0.2) is 19.6 Å². The first kappa shape index (κ1) is 17.2. The zero-order valence-corrected chi connectivity index (χ0v) is 14.1. The number of nitrogens with zero attached hydrogens (tertiary/aromatic N) is 1. The first-order valence-corrected chi connectivity index (χ1v) is 8.62. The Hall–Kier alpha value is -0.820. The number of rotatable bonds is 10. The van der Waals surface area contributed by atoms with Crippen LogP contribution in [0.15, 0.2) is 24.3 Å². The molecule has 0 radical (unpaired) electrons. The van der Waals surface area contributed by atoms with Gasteiger partial charge in [0.1, 0.15) is 5.69 Å². The Morgan fingerprint density at radius 2 is 1.40 bits per heavy atom. The van der Waals surface area contributed by atoms with Gasteiger partial charge in [-0.05, 0) is 39.7 Å². The maximum absolute atomic E-state index is 2.34. The molecule has 0 aliphatic heterocycles. The highest BCUT2D eigenvalue weighted by Gasteiger charge is 2.27. The molecule has 0 aliphatic rings. The third-order valence-electron chi connectivity index (χ3n) is 4.78. The van der Waals surface area contributed by atoms with Gasteiger partial charge in [-0.3, -0.25) is 4.48 Å². The van der Waals surface area contributed by atoms with Crippen molar-refractivity contribution < 1.29 is 0 Å². The fraction of sp³-hybridized carbons (Fsp3) is 0.684. The highest BCUT2D eigenvalue weighted by atomic mass is 15.3. The Kier molecular flexibility index (Phi) is 7.91. The van der Waals surface area contributed by atoms with E-state index in [1.807, 2.05) is 0 Å². The number of unbranched alkanes of at least 4 members (excludes halogenated alkanes) is 5. The average Bonchev–Trinajstić information content (AvgIpc) is 2.48. The maximum atomic E-state index is 2.34. The quantitative estimate of drug-likeness (QED) is 0.380. The van der Waals surface area contributed by atoms with Crippen LogP contribution in [0, 0.1) is 6.92 Å². The van der Waals surface area contributed by atoms with E-state index >= 15 is 0 Å². The summed E-state index contributed by atoms with van der Waals surface area (Å²) in [5, 5.41) is 0. The van der Waals surface area contributed by atoms with Crippen LogP contribution in [0.4, 0.5) is 5.69 Å². The van der Waals surface area contributed by atoms with Gasteiger partial charge in [-0.2, -0.15) is 0 Å². The van der Waals surface area contributed by atoms with Gasteiger partial charge in [0, 0.05) is 5.56 Å². The summed E-state index contributed by atoms with van der Waals surface area (Å²) in [6, 6.07) is 8.94. The van der Waals surface area contributed by atoms with Gasteiger partial charge in [0.2, 0.25) is 0 Å². The van der Waals surface area contributed by atoms with Crippen LogP contribution < -0.4 is 4.48 Å². The van der Waals surface area contributed by atoms with Crippen molar-refractivity contribution in [2.75, 3.05) is 19.6 Å². The molecule has 114 valence electrons.